The van der Waals surface area contributed by atoms with Crippen LogP contribution in [0, 0.1) is 0 Å². The Morgan fingerprint density at radius 1 is 1.30 bits per heavy atom. The predicted molar refractivity (Wildman–Crippen MR) is 74.8 cm³/mol. The van der Waals surface area contributed by atoms with Gasteiger partial charge in [0.15, 0.2) is 0 Å². The van der Waals surface area contributed by atoms with E-state index in [9.17, 15) is 9.59 Å². The molecule has 7 heteroatoms. The van der Waals surface area contributed by atoms with Gasteiger partial charge < -0.3 is 24.8 Å². The van der Waals surface area contributed by atoms with E-state index in [-0.39, 0.29) is 6.10 Å². The van der Waals surface area contributed by atoms with E-state index in [1.807, 2.05) is 13.8 Å². The molecule has 0 spiro atoms. The molecule has 2 amide bonds. The molecule has 0 rings (SSSR count). The zero-order valence-electron chi connectivity index (χ0n) is 12.7. The first-order chi connectivity index (χ1) is 9.38. The molecule has 7 nitrogen and oxygen atoms in total. The van der Waals surface area contributed by atoms with Gasteiger partial charge in [-0.2, -0.15) is 0 Å². The smallest absolute Gasteiger partial charge is 0.326 e. The Morgan fingerprint density at radius 3 is 2.45 bits per heavy atom. The molecule has 1 unspecified atom stereocenters. The molecule has 118 valence electrons. The maximum absolute atomic E-state index is 11.8. The average Bonchev–Trinajstić information content (AvgIpc) is 2.36. The molecule has 0 heterocycles. The van der Waals surface area contributed by atoms with Crippen LogP contribution in [0.1, 0.15) is 26.7 Å². The zero-order valence-corrected chi connectivity index (χ0v) is 12.7. The monoisotopic (exact) mass is 290 g/mol. The second-order valence-electron chi connectivity index (χ2n) is 4.82. The van der Waals surface area contributed by atoms with Gasteiger partial charge in [-0.25, -0.2) is 9.59 Å². The number of carboxylic acid groups (broad SMARTS) is 1. The largest absolute Gasteiger partial charge is 0.480 e. The number of urea groups is 1. The number of amides is 2. The van der Waals surface area contributed by atoms with Gasteiger partial charge in [0.1, 0.15) is 6.04 Å². The molecular formula is C13H26N2O5. The Morgan fingerprint density at radius 2 is 1.95 bits per heavy atom. The highest BCUT2D eigenvalue weighted by Gasteiger charge is 2.21. The Hall–Kier alpha value is -1.34. The fraction of sp³-hybridized carbons (Fsp3) is 0.846. The molecule has 0 aromatic heterocycles. The first kappa shape index (κ1) is 18.7. The van der Waals surface area contributed by atoms with E-state index in [1.165, 1.54) is 4.90 Å². The van der Waals surface area contributed by atoms with Crippen LogP contribution < -0.4 is 5.32 Å². The molecule has 0 aliphatic rings. The van der Waals surface area contributed by atoms with E-state index in [0.29, 0.717) is 32.6 Å². The van der Waals surface area contributed by atoms with Crippen LogP contribution in [0.15, 0.2) is 0 Å². The number of carbonyl (C=O) groups is 2. The second-order valence-corrected chi connectivity index (χ2v) is 4.82. The van der Waals surface area contributed by atoms with Gasteiger partial charge in [-0.3, -0.25) is 0 Å². The lowest BCUT2D eigenvalue weighted by molar-refractivity contribution is -0.139. The summed E-state index contributed by atoms with van der Waals surface area (Å²) < 4.78 is 10.2. The van der Waals surface area contributed by atoms with Crippen LogP contribution in [0.3, 0.4) is 0 Å². The number of hydrogen-bond acceptors (Lipinski definition) is 4. The van der Waals surface area contributed by atoms with Crippen molar-refractivity contribution in [2.24, 2.45) is 0 Å². The Kier molecular flexibility index (Phi) is 9.75. The standard InChI is InChI=1S/C13H26N2O5/c1-10(2)20-9-7-15(3)13(18)14-11(12(16)17)6-5-8-19-4/h10-11H,5-9H2,1-4H3,(H,14,18)(H,16,17). The summed E-state index contributed by atoms with van der Waals surface area (Å²) in [5.74, 6) is -1.04. The lowest BCUT2D eigenvalue weighted by Gasteiger charge is -2.21. The topological polar surface area (TPSA) is 88.1 Å². The minimum atomic E-state index is -1.04. The Balaban J connectivity index is 4.13. The highest BCUT2D eigenvalue weighted by molar-refractivity contribution is 5.82. The number of nitrogens with zero attached hydrogens (tertiary/aromatic N) is 1. The summed E-state index contributed by atoms with van der Waals surface area (Å²) >= 11 is 0. The normalized spacial score (nSPS) is 12.2. The molecule has 0 fully saturated rings. The van der Waals surface area contributed by atoms with Crippen LogP contribution in [0.2, 0.25) is 0 Å². The van der Waals surface area contributed by atoms with Crippen molar-refractivity contribution in [3.05, 3.63) is 0 Å². The third kappa shape index (κ3) is 8.71. The minimum absolute atomic E-state index is 0.104. The summed E-state index contributed by atoms with van der Waals surface area (Å²) in [4.78, 5) is 24.3. The summed E-state index contributed by atoms with van der Waals surface area (Å²) in [7, 11) is 3.16. The van der Waals surface area contributed by atoms with E-state index in [2.05, 4.69) is 5.32 Å². The fourth-order valence-corrected chi connectivity index (χ4v) is 1.48. The first-order valence-electron chi connectivity index (χ1n) is 6.73. The van der Waals surface area contributed by atoms with Gasteiger partial charge in [0.2, 0.25) is 0 Å². The molecule has 0 aliphatic carbocycles. The van der Waals surface area contributed by atoms with Crippen molar-refractivity contribution in [2.45, 2.75) is 38.8 Å². The number of likely N-dealkylation sites (N-methyl/N-ethyl adjacent to an activating group) is 1. The molecule has 20 heavy (non-hydrogen) atoms. The number of carboxylic acids is 1. The average molecular weight is 290 g/mol. The van der Waals surface area contributed by atoms with Crippen LogP contribution in [0.4, 0.5) is 4.79 Å². The van der Waals surface area contributed by atoms with Crippen molar-refractivity contribution in [3.8, 4) is 0 Å². The van der Waals surface area contributed by atoms with Crippen molar-refractivity contribution >= 4 is 12.0 Å². The molecule has 0 aromatic carbocycles. The van der Waals surface area contributed by atoms with Gasteiger partial charge in [0.25, 0.3) is 0 Å². The maximum atomic E-state index is 11.8. The summed E-state index contributed by atoms with van der Waals surface area (Å²) in [6.07, 6.45) is 1.02. The SMILES string of the molecule is COCCCC(NC(=O)N(C)CCOC(C)C)C(=O)O. The molecule has 0 bridgehead atoms. The molecule has 2 N–H and O–H groups in total. The predicted octanol–water partition coefficient (Wildman–Crippen LogP) is 0.933. The summed E-state index contributed by atoms with van der Waals surface area (Å²) in [6, 6.07) is -1.31. The second kappa shape index (κ2) is 10.4. The van der Waals surface area contributed by atoms with Crippen molar-refractivity contribution in [1.29, 1.82) is 0 Å². The van der Waals surface area contributed by atoms with Crippen molar-refractivity contribution in [1.82, 2.24) is 10.2 Å². The molecule has 0 saturated carbocycles. The van der Waals surface area contributed by atoms with Gasteiger partial charge in [0.05, 0.1) is 12.7 Å². The number of rotatable bonds is 10. The van der Waals surface area contributed by atoms with Crippen LogP contribution in [-0.2, 0) is 14.3 Å². The lowest BCUT2D eigenvalue weighted by atomic mass is 10.1. The van der Waals surface area contributed by atoms with Gasteiger partial charge in [0, 0.05) is 27.3 Å². The molecule has 1 atom stereocenters. The number of hydrogen-bond donors (Lipinski definition) is 2. The van der Waals surface area contributed by atoms with E-state index < -0.39 is 18.0 Å². The number of methoxy groups -OCH3 is 1. The van der Waals surface area contributed by atoms with Crippen LogP contribution in [0.5, 0.6) is 0 Å². The third-order valence-electron chi connectivity index (χ3n) is 2.66. The molecule has 0 aliphatic heterocycles. The van der Waals surface area contributed by atoms with E-state index in [1.54, 1.807) is 14.2 Å². The highest BCUT2D eigenvalue weighted by atomic mass is 16.5. The minimum Gasteiger partial charge on any atom is -0.480 e. The van der Waals surface area contributed by atoms with E-state index >= 15 is 0 Å². The van der Waals surface area contributed by atoms with Crippen LogP contribution in [0.25, 0.3) is 0 Å². The molecule has 0 radical (unpaired) electrons. The van der Waals surface area contributed by atoms with E-state index in [0.717, 1.165) is 0 Å². The van der Waals surface area contributed by atoms with Gasteiger partial charge >= 0.3 is 12.0 Å². The van der Waals surface area contributed by atoms with Gasteiger partial charge in [-0.15, -0.1) is 0 Å². The zero-order chi connectivity index (χ0) is 15.5. The quantitative estimate of drug-likeness (QED) is 0.584. The molecule has 0 aromatic rings. The fourth-order valence-electron chi connectivity index (χ4n) is 1.48. The van der Waals surface area contributed by atoms with E-state index in [4.69, 9.17) is 14.6 Å². The van der Waals surface area contributed by atoms with Crippen molar-refractivity contribution in [2.75, 3.05) is 33.9 Å². The van der Waals surface area contributed by atoms with Crippen molar-refractivity contribution < 1.29 is 24.2 Å². The first-order valence-corrected chi connectivity index (χ1v) is 6.73. The molecule has 0 saturated heterocycles. The van der Waals surface area contributed by atoms with Crippen molar-refractivity contribution in [3.63, 3.8) is 0 Å². The number of ether oxygens (including phenoxy) is 2. The lowest BCUT2D eigenvalue weighted by Crippen LogP contribution is -2.47. The number of aliphatic carboxylic acids is 1. The van der Waals surface area contributed by atoms with Gasteiger partial charge in [-0.1, -0.05) is 0 Å². The number of nitrogens with one attached hydrogen (secondary N) is 1. The number of carbonyl (C=O) groups excluding carboxylic acids is 1. The Labute approximate surface area is 120 Å². The van der Waals surface area contributed by atoms with Crippen LogP contribution >= 0.6 is 0 Å². The summed E-state index contributed by atoms with van der Waals surface area (Å²) in [5, 5.41) is 11.5. The summed E-state index contributed by atoms with van der Waals surface area (Å²) in [6.45, 7) is 5.13. The highest BCUT2D eigenvalue weighted by Crippen LogP contribution is 2.00. The van der Waals surface area contributed by atoms with Gasteiger partial charge in [-0.05, 0) is 26.7 Å². The van der Waals surface area contributed by atoms with Crippen LogP contribution in [-0.4, -0.2) is 68.1 Å². The molecular weight excluding hydrogens is 264 g/mol. The summed E-state index contributed by atoms with van der Waals surface area (Å²) in [5.41, 5.74) is 0. The maximum Gasteiger partial charge on any atom is 0.326 e. The Bertz CT molecular complexity index is 296. The third-order valence-corrected chi connectivity index (χ3v) is 2.66.